The third-order valence-corrected chi connectivity index (χ3v) is 6.99. The lowest BCUT2D eigenvalue weighted by molar-refractivity contribution is -0.129. The van der Waals surface area contributed by atoms with Crippen molar-refractivity contribution in [2.24, 2.45) is 0 Å². The quantitative estimate of drug-likeness (QED) is 0.655. The van der Waals surface area contributed by atoms with Crippen LogP contribution in [0.15, 0.2) is 23.4 Å². The first-order valence-corrected chi connectivity index (χ1v) is 11.4. The average Bonchev–Trinajstić information content (AvgIpc) is 3.01. The molecule has 0 bridgehead atoms. The minimum atomic E-state index is 0.0464. The zero-order valence-corrected chi connectivity index (χ0v) is 18.0. The summed E-state index contributed by atoms with van der Waals surface area (Å²) in [5.41, 5.74) is 2.39. The molecule has 5 nitrogen and oxygen atoms in total. The summed E-state index contributed by atoms with van der Waals surface area (Å²) < 4.78 is 5.75. The number of nitrogens with zero attached hydrogens (tertiary/aromatic N) is 3. The molecule has 2 saturated heterocycles. The van der Waals surface area contributed by atoms with E-state index < -0.39 is 0 Å². The summed E-state index contributed by atoms with van der Waals surface area (Å²) in [6.07, 6.45) is 10.4. The van der Waals surface area contributed by atoms with E-state index in [0.717, 1.165) is 57.9 Å². The average molecular weight is 408 g/mol. The number of hydrogen-bond donors (Lipinski definition) is 0. The zero-order valence-electron chi connectivity index (χ0n) is 17.3. The van der Waals surface area contributed by atoms with Gasteiger partial charge in [0.15, 0.2) is 0 Å². The zero-order chi connectivity index (χ0) is 19.7. The van der Waals surface area contributed by atoms with Gasteiger partial charge in [-0.3, -0.25) is 9.69 Å². The predicted molar refractivity (Wildman–Crippen MR) is 112 cm³/mol. The molecule has 3 aliphatic heterocycles. The Morgan fingerprint density at radius 1 is 1.11 bits per heavy atom. The summed E-state index contributed by atoms with van der Waals surface area (Å²) >= 11 is 6.25. The molecule has 0 spiro atoms. The first kappa shape index (κ1) is 20.4. The number of alkyl halides is 1. The Morgan fingerprint density at radius 3 is 2.46 bits per heavy atom. The highest BCUT2D eigenvalue weighted by atomic mass is 35.5. The van der Waals surface area contributed by atoms with E-state index in [4.69, 9.17) is 16.3 Å². The van der Waals surface area contributed by atoms with Crippen LogP contribution in [0.3, 0.4) is 0 Å². The molecule has 2 fully saturated rings. The molecule has 0 aromatic carbocycles. The number of ether oxygens (including phenoxy) is 1. The summed E-state index contributed by atoms with van der Waals surface area (Å²) in [5.74, 6) is 0.275. The first-order chi connectivity index (χ1) is 13.5. The topological polar surface area (TPSA) is 36.0 Å². The van der Waals surface area contributed by atoms with Crippen LogP contribution in [0.2, 0.25) is 0 Å². The second-order valence-corrected chi connectivity index (χ2v) is 9.53. The number of halogens is 1. The first-order valence-electron chi connectivity index (χ1n) is 11.0. The summed E-state index contributed by atoms with van der Waals surface area (Å²) in [4.78, 5) is 19.8. The van der Waals surface area contributed by atoms with Crippen LogP contribution in [0.25, 0.3) is 0 Å². The monoisotopic (exact) mass is 407 g/mol. The van der Waals surface area contributed by atoms with E-state index in [1.165, 1.54) is 18.4 Å². The summed E-state index contributed by atoms with van der Waals surface area (Å²) in [6, 6.07) is 1.04. The van der Waals surface area contributed by atoms with Crippen LogP contribution < -0.4 is 0 Å². The molecule has 4 rings (SSSR count). The van der Waals surface area contributed by atoms with Crippen molar-refractivity contribution in [3.63, 3.8) is 0 Å². The fourth-order valence-electron chi connectivity index (χ4n) is 5.11. The Bertz CT molecular complexity index is 632. The van der Waals surface area contributed by atoms with Gasteiger partial charge in [0, 0.05) is 44.0 Å². The second kappa shape index (κ2) is 8.86. The number of carbonyl (C=O) groups is 1. The van der Waals surface area contributed by atoms with E-state index >= 15 is 0 Å². The Morgan fingerprint density at radius 2 is 1.79 bits per heavy atom. The van der Waals surface area contributed by atoms with Crippen molar-refractivity contribution in [1.29, 1.82) is 0 Å². The smallest absolute Gasteiger partial charge is 0.231 e. The number of likely N-dealkylation sites (tertiary alicyclic amines) is 2. The molecule has 28 heavy (non-hydrogen) atoms. The highest BCUT2D eigenvalue weighted by Crippen LogP contribution is 2.37. The molecule has 0 radical (unpaired) electrons. The summed E-state index contributed by atoms with van der Waals surface area (Å²) in [7, 11) is 0. The van der Waals surface area contributed by atoms with Crippen LogP contribution >= 0.6 is 11.6 Å². The van der Waals surface area contributed by atoms with E-state index in [-0.39, 0.29) is 11.3 Å². The normalized spacial score (nSPS) is 28.6. The van der Waals surface area contributed by atoms with Crippen LogP contribution in [-0.4, -0.2) is 77.1 Å². The van der Waals surface area contributed by atoms with Gasteiger partial charge in [-0.25, -0.2) is 0 Å². The van der Waals surface area contributed by atoms with Gasteiger partial charge in [0.25, 0.3) is 0 Å². The Labute approximate surface area is 174 Å². The minimum Gasteiger partial charge on any atom is -0.363 e. The molecule has 6 heteroatoms. The number of rotatable bonds is 5. The fourth-order valence-corrected chi connectivity index (χ4v) is 5.37. The van der Waals surface area contributed by atoms with Crippen molar-refractivity contribution in [2.75, 3.05) is 32.9 Å². The number of piperidine rings is 2. The van der Waals surface area contributed by atoms with Gasteiger partial charge in [0.2, 0.25) is 5.91 Å². The Balaban J connectivity index is 1.26. The van der Waals surface area contributed by atoms with Gasteiger partial charge < -0.3 is 14.5 Å². The van der Waals surface area contributed by atoms with E-state index in [2.05, 4.69) is 34.6 Å². The van der Waals surface area contributed by atoms with E-state index in [1.807, 2.05) is 6.08 Å². The maximum atomic E-state index is 12.7. The molecule has 1 unspecified atom stereocenters. The molecule has 1 amide bonds. The Kier molecular flexibility index (Phi) is 6.46. The maximum absolute atomic E-state index is 12.7. The lowest BCUT2D eigenvalue weighted by Crippen LogP contribution is -2.51. The highest BCUT2D eigenvalue weighted by molar-refractivity contribution is 6.22. The fraction of sp³-hybridized carbons (Fsp3) is 0.773. The molecule has 1 aliphatic carbocycles. The second-order valence-electron chi connectivity index (χ2n) is 8.97. The van der Waals surface area contributed by atoms with Crippen LogP contribution in [0.1, 0.15) is 52.4 Å². The molecule has 0 aromatic heterocycles. The van der Waals surface area contributed by atoms with Crippen LogP contribution in [0.5, 0.6) is 0 Å². The molecule has 0 N–H and O–H groups in total. The van der Waals surface area contributed by atoms with E-state index in [9.17, 15) is 4.79 Å². The minimum absolute atomic E-state index is 0.0464. The van der Waals surface area contributed by atoms with Crippen LogP contribution in [0.4, 0.5) is 0 Å². The third-order valence-electron chi connectivity index (χ3n) is 6.69. The summed E-state index contributed by atoms with van der Waals surface area (Å²) in [6.45, 7) is 9.41. The number of carbonyl (C=O) groups excluding carboxylic acids is 1. The van der Waals surface area contributed by atoms with Gasteiger partial charge in [-0.1, -0.05) is 6.08 Å². The van der Waals surface area contributed by atoms with Crippen molar-refractivity contribution in [1.82, 2.24) is 14.7 Å². The molecule has 156 valence electrons. The van der Waals surface area contributed by atoms with Crippen molar-refractivity contribution < 1.29 is 9.53 Å². The van der Waals surface area contributed by atoms with Gasteiger partial charge in [-0.15, -0.1) is 11.6 Å². The van der Waals surface area contributed by atoms with Gasteiger partial charge in [-0.2, -0.15) is 0 Å². The van der Waals surface area contributed by atoms with Gasteiger partial charge in [0.1, 0.15) is 0 Å². The number of hydrogen-bond acceptors (Lipinski definition) is 4. The molecule has 0 saturated carbocycles. The molecule has 3 heterocycles. The SMILES string of the molecule is CC(C)OCN1CCC(N2CCC(N3C(=O)CC4=C3C=CC(Cl)C4)CC2)CC1. The van der Waals surface area contributed by atoms with Gasteiger partial charge in [-0.05, 0) is 57.6 Å². The van der Waals surface area contributed by atoms with Crippen molar-refractivity contribution in [2.45, 2.75) is 75.9 Å². The number of amides is 1. The lowest BCUT2D eigenvalue weighted by atomic mass is 9.96. The van der Waals surface area contributed by atoms with Crippen LogP contribution in [-0.2, 0) is 9.53 Å². The van der Waals surface area contributed by atoms with Crippen molar-refractivity contribution in [3.05, 3.63) is 23.4 Å². The predicted octanol–water partition coefficient (Wildman–Crippen LogP) is 3.35. The van der Waals surface area contributed by atoms with Crippen molar-refractivity contribution in [3.8, 4) is 0 Å². The maximum Gasteiger partial charge on any atom is 0.231 e. The summed E-state index contributed by atoms with van der Waals surface area (Å²) in [5, 5.41) is 0.0464. The number of allylic oxidation sites excluding steroid dienone is 2. The molecular weight excluding hydrogens is 374 g/mol. The highest BCUT2D eigenvalue weighted by Gasteiger charge is 2.38. The molecule has 1 atom stereocenters. The Hall–Kier alpha value is -0.880. The molecule has 0 aromatic rings. The van der Waals surface area contributed by atoms with E-state index in [0.29, 0.717) is 24.6 Å². The third kappa shape index (κ3) is 4.48. The van der Waals surface area contributed by atoms with Gasteiger partial charge in [0.05, 0.1) is 24.6 Å². The van der Waals surface area contributed by atoms with Gasteiger partial charge >= 0.3 is 0 Å². The van der Waals surface area contributed by atoms with Crippen LogP contribution in [0, 0.1) is 0 Å². The van der Waals surface area contributed by atoms with Crippen molar-refractivity contribution >= 4 is 17.5 Å². The molecule has 4 aliphatic rings. The largest absolute Gasteiger partial charge is 0.363 e. The molecular formula is C22H34ClN3O2. The lowest BCUT2D eigenvalue weighted by Gasteiger charge is -2.43. The standard InChI is InChI=1S/C22H34ClN3O2/c1-16(2)28-15-24-9-5-19(6-10-24)25-11-7-20(8-12-25)26-21-4-3-18(23)13-17(21)14-22(26)27/h3-4,16,18-20H,5-15H2,1-2H3. The van der Waals surface area contributed by atoms with E-state index in [1.54, 1.807) is 0 Å².